The average Bonchev–Trinajstić information content (AvgIpc) is 3.09. The van der Waals surface area contributed by atoms with Crippen molar-refractivity contribution in [3.8, 4) is 0 Å². The fourth-order valence-electron chi connectivity index (χ4n) is 2.83. The van der Waals surface area contributed by atoms with Crippen LogP contribution in [0.15, 0.2) is 22.8 Å². The lowest BCUT2D eigenvalue weighted by atomic mass is 9.90. The Hall–Kier alpha value is -1.53. The number of ether oxygens (including phenoxy) is 2. The van der Waals surface area contributed by atoms with Crippen LogP contribution in [0, 0.1) is 0 Å². The van der Waals surface area contributed by atoms with E-state index in [9.17, 15) is 4.79 Å². The Kier molecular flexibility index (Phi) is 3.93. The minimum atomic E-state index is -0.183. The van der Waals surface area contributed by atoms with Gasteiger partial charge in [0.05, 0.1) is 25.0 Å². The molecule has 6 nitrogen and oxygen atoms in total. The van der Waals surface area contributed by atoms with E-state index in [1.54, 1.807) is 12.3 Å². The molecule has 2 saturated heterocycles. The molecule has 1 spiro atoms. The maximum absolute atomic E-state index is 11.9. The van der Waals surface area contributed by atoms with Crippen LogP contribution in [-0.4, -0.2) is 37.5 Å². The van der Waals surface area contributed by atoms with Gasteiger partial charge in [-0.25, -0.2) is 4.79 Å². The highest BCUT2D eigenvalue weighted by Gasteiger charge is 2.41. The van der Waals surface area contributed by atoms with Gasteiger partial charge in [-0.15, -0.1) is 0 Å². The highest BCUT2D eigenvalue weighted by molar-refractivity contribution is 5.74. The van der Waals surface area contributed by atoms with Crippen molar-refractivity contribution in [1.29, 1.82) is 0 Å². The van der Waals surface area contributed by atoms with Gasteiger partial charge in [-0.2, -0.15) is 0 Å². The second-order valence-corrected chi connectivity index (χ2v) is 5.43. The lowest BCUT2D eigenvalue weighted by molar-refractivity contribution is -0.0878. The van der Waals surface area contributed by atoms with Crippen LogP contribution in [0.4, 0.5) is 4.79 Å². The van der Waals surface area contributed by atoms with Crippen LogP contribution in [0.2, 0.25) is 0 Å². The second kappa shape index (κ2) is 5.85. The lowest BCUT2D eigenvalue weighted by Gasteiger charge is -2.37. The van der Waals surface area contributed by atoms with Crippen LogP contribution in [-0.2, 0) is 16.0 Å². The third-order valence-corrected chi connectivity index (χ3v) is 3.90. The predicted octanol–water partition coefficient (Wildman–Crippen LogP) is 1.42. The first-order valence-electron chi connectivity index (χ1n) is 7.04. The molecule has 2 atom stereocenters. The number of nitrogens with one attached hydrogen (secondary N) is 2. The number of amides is 2. The van der Waals surface area contributed by atoms with E-state index in [1.807, 2.05) is 6.07 Å². The molecule has 1 aromatic heterocycles. The van der Waals surface area contributed by atoms with Gasteiger partial charge in [0.25, 0.3) is 0 Å². The average molecular weight is 280 g/mol. The molecular weight excluding hydrogens is 260 g/mol. The summed E-state index contributed by atoms with van der Waals surface area (Å²) in [4.78, 5) is 11.9. The number of hydrogen-bond acceptors (Lipinski definition) is 4. The van der Waals surface area contributed by atoms with Crippen LogP contribution < -0.4 is 10.6 Å². The molecule has 6 heteroatoms. The summed E-state index contributed by atoms with van der Waals surface area (Å²) < 4.78 is 16.4. The third-order valence-electron chi connectivity index (χ3n) is 3.90. The number of rotatable bonds is 3. The molecular formula is C14H20N2O4. The van der Waals surface area contributed by atoms with Crippen molar-refractivity contribution < 1.29 is 18.7 Å². The normalized spacial score (nSPS) is 29.5. The van der Waals surface area contributed by atoms with Crippen LogP contribution in [0.1, 0.15) is 25.0 Å². The maximum Gasteiger partial charge on any atom is 0.315 e. The second-order valence-electron chi connectivity index (χ2n) is 5.43. The number of hydrogen-bond donors (Lipinski definition) is 2. The zero-order chi connectivity index (χ0) is 13.8. The largest absolute Gasteiger partial charge is 0.467 e. The topological polar surface area (TPSA) is 72.7 Å². The highest BCUT2D eigenvalue weighted by Crippen LogP contribution is 2.32. The smallest absolute Gasteiger partial charge is 0.315 e. The summed E-state index contributed by atoms with van der Waals surface area (Å²) in [5, 5.41) is 5.80. The Morgan fingerprint density at radius 1 is 1.45 bits per heavy atom. The van der Waals surface area contributed by atoms with Crippen LogP contribution in [0.5, 0.6) is 0 Å². The molecule has 0 bridgehead atoms. The first kappa shape index (κ1) is 13.5. The van der Waals surface area contributed by atoms with E-state index in [-0.39, 0.29) is 17.7 Å². The molecule has 20 heavy (non-hydrogen) atoms. The Morgan fingerprint density at radius 2 is 2.40 bits per heavy atom. The number of carbonyl (C=O) groups is 1. The van der Waals surface area contributed by atoms with Crippen molar-refractivity contribution in [2.45, 2.75) is 37.5 Å². The molecule has 1 aromatic rings. The highest BCUT2D eigenvalue weighted by atomic mass is 16.6. The number of carbonyl (C=O) groups excluding carboxylic acids is 1. The van der Waals surface area contributed by atoms with Gasteiger partial charge in [0.15, 0.2) is 0 Å². The molecule has 2 amide bonds. The first-order valence-corrected chi connectivity index (χ1v) is 7.04. The monoisotopic (exact) mass is 280 g/mol. The van der Waals surface area contributed by atoms with Gasteiger partial charge in [0.2, 0.25) is 0 Å². The van der Waals surface area contributed by atoms with Gasteiger partial charge in [-0.1, -0.05) is 0 Å². The SMILES string of the molecule is O=C(NCc1ccco1)N[C@H]1CCO[C@@]2(CCOC2)C1. The minimum Gasteiger partial charge on any atom is -0.467 e. The summed E-state index contributed by atoms with van der Waals surface area (Å²) in [6, 6.07) is 3.61. The summed E-state index contributed by atoms with van der Waals surface area (Å²) in [6.07, 6.45) is 4.17. The van der Waals surface area contributed by atoms with E-state index in [0.717, 1.165) is 31.6 Å². The molecule has 0 aliphatic carbocycles. The van der Waals surface area contributed by atoms with Crippen LogP contribution in [0.25, 0.3) is 0 Å². The zero-order valence-corrected chi connectivity index (χ0v) is 11.4. The summed E-state index contributed by atoms with van der Waals surface area (Å²) in [5.41, 5.74) is -0.183. The van der Waals surface area contributed by atoms with Crippen molar-refractivity contribution >= 4 is 6.03 Å². The van der Waals surface area contributed by atoms with Gasteiger partial charge in [0, 0.05) is 25.7 Å². The Morgan fingerprint density at radius 3 is 3.15 bits per heavy atom. The van der Waals surface area contributed by atoms with Crippen LogP contribution in [0.3, 0.4) is 0 Å². The van der Waals surface area contributed by atoms with Crippen molar-refractivity contribution in [3.05, 3.63) is 24.2 Å². The molecule has 110 valence electrons. The van der Waals surface area contributed by atoms with Crippen LogP contribution >= 0.6 is 0 Å². The lowest BCUT2D eigenvalue weighted by Crippen LogP contribution is -2.51. The third kappa shape index (κ3) is 3.13. The molecule has 0 unspecified atom stereocenters. The molecule has 2 N–H and O–H groups in total. The number of furan rings is 1. The molecule has 0 radical (unpaired) electrons. The van der Waals surface area contributed by atoms with E-state index in [2.05, 4.69) is 10.6 Å². The Bertz CT molecular complexity index is 440. The standard InChI is InChI=1S/C14H20N2O4/c17-13(15-9-12-2-1-5-19-12)16-11-3-6-20-14(8-11)4-7-18-10-14/h1-2,5,11H,3-4,6-10H2,(H2,15,16,17)/t11-,14-/m0/s1. The Balaban J connectivity index is 1.46. The maximum atomic E-state index is 11.9. The van der Waals surface area contributed by atoms with Crippen molar-refractivity contribution in [3.63, 3.8) is 0 Å². The molecule has 0 aromatic carbocycles. The molecule has 2 aliphatic rings. The summed E-state index contributed by atoms with van der Waals surface area (Å²) in [5.74, 6) is 0.743. The van der Waals surface area contributed by atoms with Gasteiger partial charge >= 0.3 is 6.03 Å². The molecule has 2 fully saturated rings. The fraction of sp³-hybridized carbons (Fsp3) is 0.643. The van der Waals surface area contributed by atoms with E-state index in [1.165, 1.54) is 0 Å². The quantitative estimate of drug-likeness (QED) is 0.878. The Labute approximate surface area is 117 Å². The van der Waals surface area contributed by atoms with Gasteiger partial charge in [-0.3, -0.25) is 0 Å². The summed E-state index contributed by atoms with van der Waals surface area (Å²) in [6.45, 7) is 2.46. The van der Waals surface area contributed by atoms with Gasteiger partial charge < -0.3 is 24.5 Å². The summed E-state index contributed by atoms with van der Waals surface area (Å²) >= 11 is 0. The van der Waals surface area contributed by atoms with Crippen molar-refractivity contribution in [1.82, 2.24) is 10.6 Å². The fourth-order valence-corrected chi connectivity index (χ4v) is 2.83. The van der Waals surface area contributed by atoms with Crippen molar-refractivity contribution in [2.75, 3.05) is 19.8 Å². The van der Waals surface area contributed by atoms with E-state index in [4.69, 9.17) is 13.9 Å². The summed E-state index contributed by atoms with van der Waals surface area (Å²) in [7, 11) is 0. The molecule has 2 aliphatic heterocycles. The molecule has 0 saturated carbocycles. The number of urea groups is 1. The van der Waals surface area contributed by atoms with E-state index >= 15 is 0 Å². The zero-order valence-electron chi connectivity index (χ0n) is 11.4. The van der Waals surface area contributed by atoms with Crippen molar-refractivity contribution in [2.24, 2.45) is 0 Å². The predicted molar refractivity (Wildman–Crippen MR) is 71.2 cm³/mol. The first-order chi connectivity index (χ1) is 9.76. The van der Waals surface area contributed by atoms with E-state index in [0.29, 0.717) is 19.8 Å². The molecule has 3 heterocycles. The van der Waals surface area contributed by atoms with Gasteiger partial charge in [-0.05, 0) is 25.0 Å². The van der Waals surface area contributed by atoms with Gasteiger partial charge in [0.1, 0.15) is 5.76 Å². The molecule has 3 rings (SSSR count). The van der Waals surface area contributed by atoms with E-state index < -0.39 is 0 Å². The minimum absolute atomic E-state index is 0.141.